The van der Waals surface area contributed by atoms with Gasteiger partial charge in [-0.25, -0.2) is 9.97 Å². The Kier molecular flexibility index (Phi) is 5.92. The monoisotopic (exact) mass is 292 g/mol. The quantitative estimate of drug-likeness (QED) is 0.796. The van der Waals surface area contributed by atoms with Crippen molar-refractivity contribution in [2.75, 3.05) is 44.3 Å². The van der Waals surface area contributed by atoms with Crippen molar-refractivity contribution in [3.8, 4) is 0 Å². The van der Waals surface area contributed by atoms with Crippen LogP contribution in [0.4, 0.5) is 5.95 Å². The van der Waals surface area contributed by atoms with Gasteiger partial charge in [0.1, 0.15) is 5.69 Å². The van der Waals surface area contributed by atoms with E-state index in [0.717, 1.165) is 39.0 Å². The Balaban J connectivity index is 2.13. The van der Waals surface area contributed by atoms with Crippen molar-refractivity contribution in [2.24, 2.45) is 0 Å². The first-order valence-electron chi connectivity index (χ1n) is 7.71. The predicted molar refractivity (Wildman–Crippen MR) is 81.5 cm³/mol. The first-order valence-corrected chi connectivity index (χ1v) is 7.71. The SMILES string of the molecule is CCCN(CCC)C(=O)c1ccnc(N2CCOCC2)n1. The summed E-state index contributed by atoms with van der Waals surface area (Å²) in [5, 5.41) is 0. The van der Waals surface area contributed by atoms with E-state index in [4.69, 9.17) is 4.74 Å². The Labute approximate surface area is 126 Å². The number of amides is 1. The number of carbonyl (C=O) groups excluding carboxylic acids is 1. The fourth-order valence-corrected chi connectivity index (χ4v) is 2.40. The Morgan fingerprint density at radius 2 is 1.95 bits per heavy atom. The van der Waals surface area contributed by atoms with Gasteiger partial charge in [-0.3, -0.25) is 4.79 Å². The molecule has 0 spiro atoms. The number of hydrogen-bond donors (Lipinski definition) is 0. The zero-order chi connectivity index (χ0) is 15.1. The van der Waals surface area contributed by atoms with Crippen LogP contribution >= 0.6 is 0 Å². The van der Waals surface area contributed by atoms with E-state index in [1.165, 1.54) is 0 Å². The lowest BCUT2D eigenvalue weighted by molar-refractivity contribution is 0.0749. The average molecular weight is 292 g/mol. The van der Waals surface area contributed by atoms with Crippen molar-refractivity contribution in [1.29, 1.82) is 0 Å². The molecule has 2 heterocycles. The summed E-state index contributed by atoms with van der Waals surface area (Å²) >= 11 is 0. The normalized spacial score (nSPS) is 15.0. The Morgan fingerprint density at radius 1 is 1.29 bits per heavy atom. The highest BCUT2D eigenvalue weighted by atomic mass is 16.5. The molecule has 0 N–H and O–H groups in total. The summed E-state index contributed by atoms with van der Waals surface area (Å²) in [4.78, 5) is 25.2. The Hall–Kier alpha value is -1.69. The molecular weight excluding hydrogens is 268 g/mol. The first-order chi connectivity index (χ1) is 10.3. The molecule has 0 bridgehead atoms. The number of anilines is 1. The molecule has 2 rings (SSSR count). The molecular formula is C15H24N4O2. The summed E-state index contributed by atoms with van der Waals surface area (Å²) in [7, 11) is 0. The lowest BCUT2D eigenvalue weighted by atomic mass is 10.3. The van der Waals surface area contributed by atoms with Gasteiger partial charge in [-0.15, -0.1) is 0 Å². The largest absolute Gasteiger partial charge is 0.378 e. The van der Waals surface area contributed by atoms with Crippen LogP contribution < -0.4 is 4.90 Å². The van der Waals surface area contributed by atoms with Crippen LogP contribution in [0.3, 0.4) is 0 Å². The Morgan fingerprint density at radius 3 is 2.57 bits per heavy atom. The van der Waals surface area contributed by atoms with Gasteiger partial charge in [-0.2, -0.15) is 0 Å². The zero-order valence-corrected chi connectivity index (χ0v) is 12.9. The van der Waals surface area contributed by atoms with Crippen LogP contribution in [0.1, 0.15) is 37.2 Å². The van der Waals surface area contributed by atoms with Gasteiger partial charge < -0.3 is 14.5 Å². The highest BCUT2D eigenvalue weighted by Gasteiger charge is 2.19. The van der Waals surface area contributed by atoms with Crippen molar-refractivity contribution in [3.63, 3.8) is 0 Å². The molecule has 1 saturated heterocycles. The van der Waals surface area contributed by atoms with Gasteiger partial charge in [0.2, 0.25) is 5.95 Å². The number of carbonyl (C=O) groups is 1. The van der Waals surface area contributed by atoms with Crippen LogP contribution in [0.25, 0.3) is 0 Å². The van der Waals surface area contributed by atoms with E-state index in [1.54, 1.807) is 12.3 Å². The lowest BCUT2D eigenvalue weighted by Crippen LogP contribution is -2.38. The molecule has 21 heavy (non-hydrogen) atoms. The average Bonchev–Trinajstić information content (AvgIpc) is 2.55. The standard InChI is InChI=1S/C15H24N4O2/c1-3-7-18(8-4-2)14(20)13-5-6-16-15(17-13)19-9-11-21-12-10-19/h5-6H,3-4,7-12H2,1-2H3. The van der Waals surface area contributed by atoms with E-state index in [0.29, 0.717) is 24.9 Å². The summed E-state index contributed by atoms with van der Waals surface area (Å²) in [5.41, 5.74) is 0.480. The zero-order valence-electron chi connectivity index (χ0n) is 12.9. The third-order valence-electron chi connectivity index (χ3n) is 3.43. The molecule has 1 aromatic rings. The minimum Gasteiger partial charge on any atom is -0.378 e. The molecule has 0 atom stereocenters. The van der Waals surface area contributed by atoms with E-state index in [1.807, 2.05) is 4.90 Å². The maximum Gasteiger partial charge on any atom is 0.272 e. The molecule has 1 aromatic heterocycles. The number of aromatic nitrogens is 2. The second-order valence-electron chi connectivity index (χ2n) is 5.13. The molecule has 0 aliphatic carbocycles. The van der Waals surface area contributed by atoms with Gasteiger partial charge in [0, 0.05) is 32.4 Å². The minimum absolute atomic E-state index is 0.00407. The van der Waals surface area contributed by atoms with E-state index in [9.17, 15) is 4.79 Å². The number of rotatable bonds is 6. The van der Waals surface area contributed by atoms with Crippen molar-refractivity contribution in [2.45, 2.75) is 26.7 Å². The molecule has 0 saturated carbocycles. The van der Waals surface area contributed by atoms with E-state index in [2.05, 4.69) is 28.7 Å². The van der Waals surface area contributed by atoms with Crippen LogP contribution in [0.15, 0.2) is 12.3 Å². The van der Waals surface area contributed by atoms with Crippen LogP contribution in [0, 0.1) is 0 Å². The van der Waals surface area contributed by atoms with Crippen LogP contribution in [-0.2, 0) is 4.74 Å². The molecule has 1 aliphatic rings. The van der Waals surface area contributed by atoms with Crippen LogP contribution in [0.5, 0.6) is 0 Å². The number of morpholine rings is 1. The molecule has 0 unspecified atom stereocenters. The van der Waals surface area contributed by atoms with Gasteiger partial charge in [0.05, 0.1) is 13.2 Å². The Bertz CT molecular complexity index is 455. The predicted octanol–water partition coefficient (Wildman–Crippen LogP) is 1.58. The third-order valence-corrected chi connectivity index (χ3v) is 3.43. The second kappa shape index (κ2) is 7.93. The second-order valence-corrected chi connectivity index (χ2v) is 5.13. The van der Waals surface area contributed by atoms with Gasteiger partial charge in [0.15, 0.2) is 0 Å². The van der Waals surface area contributed by atoms with Gasteiger partial charge in [-0.1, -0.05) is 13.8 Å². The van der Waals surface area contributed by atoms with Crippen molar-refractivity contribution >= 4 is 11.9 Å². The number of nitrogens with zero attached hydrogens (tertiary/aromatic N) is 4. The van der Waals surface area contributed by atoms with Gasteiger partial charge in [0.25, 0.3) is 5.91 Å². The molecule has 1 amide bonds. The van der Waals surface area contributed by atoms with Crippen molar-refractivity contribution in [3.05, 3.63) is 18.0 Å². The summed E-state index contributed by atoms with van der Waals surface area (Å²) in [6.45, 7) is 8.59. The highest BCUT2D eigenvalue weighted by Crippen LogP contribution is 2.11. The molecule has 0 aromatic carbocycles. The summed E-state index contributed by atoms with van der Waals surface area (Å²) in [6.07, 6.45) is 3.57. The topological polar surface area (TPSA) is 58.6 Å². The maximum absolute atomic E-state index is 12.6. The molecule has 1 fully saturated rings. The number of hydrogen-bond acceptors (Lipinski definition) is 5. The smallest absolute Gasteiger partial charge is 0.272 e. The molecule has 1 aliphatic heterocycles. The molecule has 0 radical (unpaired) electrons. The van der Waals surface area contributed by atoms with Gasteiger partial charge in [-0.05, 0) is 18.9 Å². The van der Waals surface area contributed by atoms with E-state index in [-0.39, 0.29) is 5.91 Å². The minimum atomic E-state index is -0.00407. The molecule has 6 nitrogen and oxygen atoms in total. The highest BCUT2D eigenvalue weighted by molar-refractivity contribution is 5.92. The van der Waals surface area contributed by atoms with Gasteiger partial charge >= 0.3 is 0 Å². The summed E-state index contributed by atoms with van der Waals surface area (Å²) in [6, 6.07) is 1.70. The summed E-state index contributed by atoms with van der Waals surface area (Å²) < 4.78 is 5.33. The van der Waals surface area contributed by atoms with Crippen LogP contribution in [0.2, 0.25) is 0 Å². The molecule has 6 heteroatoms. The van der Waals surface area contributed by atoms with Crippen molar-refractivity contribution < 1.29 is 9.53 Å². The maximum atomic E-state index is 12.6. The van der Waals surface area contributed by atoms with Crippen LogP contribution in [-0.4, -0.2) is 60.2 Å². The van der Waals surface area contributed by atoms with E-state index < -0.39 is 0 Å². The molecule has 116 valence electrons. The lowest BCUT2D eigenvalue weighted by Gasteiger charge is -2.27. The fourth-order valence-electron chi connectivity index (χ4n) is 2.40. The van der Waals surface area contributed by atoms with E-state index >= 15 is 0 Å². The number of ether oxygens (including phenoxy) is 1. The fraction of sp³-hybridized carbons (Fsp3) is 0.667. The summed E-state index contributed by atoms with van der Waals surface area (Å²) in [5.74, 6) is 0.618. The van der Waals surface area contributed by atoms with Crippen molar-refractivity contribution in [1.82, 2.24) is 14.9 Å². The third kappa shape index (κ3) is 4.14. The first kappa shape index (κ1) is 15.7.